The van der Waals surface area contributed by atoms with E-state index < -0.39 is 23.8 Å². The zero-order chi connectivity index (χ0) is 22.9. The largest absolute Gasteiger partial charge is 0.390 e. The van der Waals surface area contributed by atoms with Crippen LogP contribution in [0, 0.1) is 23.5 Å². The van der Waals surface area contributed by atoms with Gasteiger partial charge in [-0.25, -0.2) is 13.5 Å². The number of benzene rings is 2. The summed E-state index contributed by atoms with van der Waals surface area (Å²) in [6.45, 7) is 4.69. The number of aliphatic hydroxyl groups excluding tert-OH is 1. The Kier molecular flexibility index (Phi) is 6.42. The summed E-state index contributed by atoms with van der Waals surface area (Å²) >= 11 is 0. The molecular weight excluding hydrogens is 410 g/mol. The fourth-order valence-electron chi connectivity index (χ4n) is 4.65. The average Bonchev–Trinajstić information content (AvgIpc) is 3.24. The van der Waals surface area contributed by atoms with Crippen LogP contribution >= 0.6 is 0 Å². The van der Waals surface area contributed by atoms with Crippen molar-refractivity contribution in [3.8, 4) is 5.69 Å². The Morgan fingerprint density at radius 2 is 1.94 bits per heavy atom. The Morgan fingerprint density at radius 3 is 2.56 bits per heavy atom. The number of nitrogens with two attached hydrogens (primary N) is 1. The summed E-state index contributed by atoms with van der Waals surface area (Å²) in [6.07, 6.45) is 3.94. The first-order valence-electron chi connectivity index (χ1n) is 11.0. The van der Waals surface area contributed by atoms with E-state index in [1.165, 1.54) is 12.1 Å². The smallest absolute Gasteiger partial charge is 0.126 e. The van der Waals surface area contributed by atoms with Crippen molar-refractivity contribution in [1.82, 2.24) is 15.1 Å². The van der Waals surface area contributed by atoms with Crippen molar-refractivity contribution < 1.29 is 13.9 Å². The van der Waals surface area contributed by atoms with Crippen molar-refractivity contribution in [2.24, 2.45) is 17.6 Å². The zero-order valence-corrected chi connectivity index (χ0v) is 18.4. The number of halogens is 2. The number of nitrogens with one attached hydrogen (secondary N) is 1. The summed E-state index contributed by atoms with van der Waals surface area (Å²) < 4.78 is 28.8. The second-order valence-corrected chi connectivity index (χ2v) is 9.12. The minimum atomic E-state index is -0.860. The summed E-state index contributed by atoms with van der Waals surface area (Å²) in [7, 11) is 0. The lowest BCUT2D eigenvalue weighted by Crippen LogP contribution is -2.46. The molecule has 1 fully saturated rings. The molecule has 0 amide bonds. The van der Waals surface area contributed by atoms with Crippen LogP contribution in [-0.4, -0.2) is 33.6 Å². The van der Waals surface area contributed by atoms with Gasteiger partial charge in [0.1, 0.15) is 11.6 Å². The highest BCUT2D eigenvalue weighted by molar-refractivity contribution is 5.42. The van der Waals surface area contributed by atoms with E-state index in [1.807, 2.05) is 29.1 Å². The van der Waals surface area contributed by atoms with Crippen LogP contribution in [0.3, 0.4) is 0 Å². The van der Waals surface area contributed by atoms with Crippen LogP contribution in [0.4, 0.5) is 8.78 Å². The second-order valence-electron chi connectivity index (χ2n) is 9.12. The highest BCUT2D eigenvalue weighted by Gasteiger charge is 2.56. The van der Waals surface area contributed by atoms with E-state index in [0.717, 1.165) is 23.7 Å². The van der Waals surface area contributed by atoms with Crippen molar-refractivity contribution in [3.05, 3.63) is 83.7 Å². The van der Waals surface area contributed by atoms with E-state index in [0.29, 0.717) is 17.4 Å². The van der Waals surface area contributed by atoms with Gasteiger partial charge in [0.05, 0.1) is 11.8 Å². The average molecular weight is 441 g/mol. The quantitative estimate of drug-likeness (QED) is 0.476. The van der Waals surface area contributed by atoms with E-state index in [-0.39, 0.29) is 18.5 Å². The van der Waals surface area contributed by atoms with Gasteiger partial charge in [-0.05, 0) is 66.1 Å². The third kappa shape index (κ3) is 4.75. The molecule has 4 rings (SSSR count). The SMILES string of the molecule is CC(C)C1CC1(NCC(O)C(N)Cc1cc(F)cc(F)c1)c1cccc(-n2cccn2)c1. The minimum Gasteiger partial charge on any atom is -0.390 e. The van der Waals surface area contributed by atoms with Gasteiger partial charge < -0.3 is 16.2 Å². The molecular formula is C25H30F2N4O. The molecule has 0 spiro atoms. The molecule has 32 heavy (non-hydrogen) atoms. The highest BCUT2D eigenvalue weighted by atomic mass is 19.1. The molecule has 1 heterocycles. The lowest BCUT2D eigenvalue weighted by Gasteiger charge is -2.26. The third-order valence-electron chi connectivity index (χ3n) is 6.46. The van der Waals surface area contributed by atoms with Crippen molar-refractivity contribution in [2.75, 3.05) is 6.54 Å². The van der Waals surface area contributed by atoms with Crippen molar-refractivity contribution in [3.63, 3.8) is 0 Å². The minimum absolute atomic E-state index is 0.187. The molecule has 0 aliphatic heterocycles. The number of aliphatic hydroxyl groups is 1. The van der Waals surface area contributed by atoms with Crippen LogP contribution in [0.2, 0.25) is 0 Å². The van der Waals surface area contributed by atoms with Crippen molar-refractivity contribution in [2.45, 2.75) is 44.4 Å². The number of rotatable bonds is 9. The van der Waals surface area contributed by atoms with Crippen LogP contribution < -0.4 is 11.1 Å². The van der Waals surface area contributed by atoms with E-state index >= 15 is 0 Å². The lowest BCUT2D eigenvalue weighted by atomic mass is 9.95. The van der Waals surface area contributed by atoms with Gasteiger partial charge in [0, 0.05) is 36.6 Å². The summed E-state index contributed by atoms with van der Waals surface area (Å²) in [6, 6.07) is 12.8. The molecule has 1 aliphatic rings. The van der Waals surface area contributed by atoms with Gasteiger partial charge in [-0.3, -0.25) is 0 Å². The molecule has 1 saturated carbocycles. The van der Waals surface area contributed by atoms with Crippen LogP contribution in [-0.2, 0) is 12.0 Å². The molecule has 4 unspecified atom stereocenters. The van der Waals surface area contributed by atoms with Gasteiger partial charge in [0.2, 0.25) is 0 Å². The first-order chi connectivity index (χ1) is 15.3. The molecule has 0 saturated heterocycles. The summed E-state index contributed by atoms with van der Waals surface area (Å²) in [5.41, 5.74) is 8.49. The van der Waals surface area contributed by atoms with Crippen LogP contribution in [0.1, 0.15) is 31.4 Å². The van der Waals surface area contributed by atoms with E-state index in [2.05, 4.69) is 36.4 Å². The normalized spacial score (nSPS) is 22.2. The first-order valence-corrected chi connectivity index (χ1v) is 11.0. The van der Waals surface area contributed by atoms with Gasteiger partial charge in [0.25, 0.3) is 0 Å². The van der Waals surface area contributed by atoms with E-state index in [1.54, 1.807) is 6.20 Å². The molecule has 4 N–H and O–H groups in total. The van der Waals surface area contributed by atoms with Gasteiger partial charge in [-0.15, -0.1) is 0 Å². The molecule has 170 valence electrons. The Morgan fingerprint density at radius 1 is 1.19 bits per heavy atom. The van der Waals surface area contributed by atoms with Gasteiger partial charge in [0.15, 0.2) is 0 Å². The Hall–Kier alpha value is -2.61. The highest BCUT2D eigenvalue weighted by Crippen LogP contribution is 2.56. The second kappa shape index (κ2) is 9.10. The summed E-state index contributed by atoms with van der Waals surface area (Å²) in [5, 5.41) is 18.6. The van der Waals surface area contributed by atoms with E-state index in [9.17, 15) is 13.9 Å². The number of aromatic nitrogens is 2. The number of hydrogen-bond acceptors (Lipinski definition) is 4. The fourth-order valence-corrected chi connectivity index (χ4v) is 4.65. The Bertz CT molecular complexity index is 1040. The third-order valence-corrected chi connectivity index (χ3v) is 6.46. The van der Waals surface area contributed by atoms with Crippen molar-refractivity contribution in [1.29, 1.82) is 0 Å². The maximum absolute atomic E-state index is 13.5. The Balaban J connectivity index is 1.47. The van der Waals surface area contributed by atoms with Gasteiger partial charge in [-0.2, -0.15) is 5.10 Å². The molecule has 7 heteroatoms. The molecule has 0 radical (unpaired) electrons. The topological polar surface area (TPSA) is 76.1 Å². The maximum Gasteiger partial charge on any atom is 0.126 e. The molecule has 5 nitrogen and oxygen atoms in total. The molecule has 1 aromatic heterocycles. The van der Waals surface area contributed by atoms with E-state index in [4.69, 9.17) is 5.73 Å². The number of hydrogen-bond donors (Lipinski definition) is 3. The molecule has 1 aliphatic carbocycles. The molecule has 3 aromatic rings. The predicted octanol–water partition coefficient (Wildman–Crippen LogP) is 3.54. The molecule has 2 aromatic carbocycles. The van der Waals surface area contributed by atoms with Gasteiger partial charge in [-0.1, -0.05) is 26.0 Å². The monoisotopic (exact) mass is 440 g/mol. The predicted molar refractivity (Wildman–Crippen MR) is 120 cm³/mol. The molecule has 0 bridgehead atoms. The fraction of sp³-hybridized carbons (Fsp3) is 0.400. The maximum atomic E-state index is 13.5. The number of nitrogens with zero attached hydrogens (tertiary/aromatic N) is 2. The van der Waals surface area contributed by atoms with Crippen LogP contribution in [0.25, 0.3) is 5.69 Å². The van der Waals surface area contributed by atoms with Crippen LogP contribution in [0.15, 0.2) is 60.9 Å². The van der Waals surface area contributed by atoms with Crippen molar-refractivity contribution >= 4 is 0 Å². The standard InChI is InChI=1S/C25H30F2N4O/c1-16(2)22-14-25(22,18-5-3-6-21(12-18)31-8-4-7-30-31)29-15-24(32)23(28)11-17-9-19(26)13-20(27)10-17/h3-10,12-13,16,22-24,29,32H,11,14-15,28H2,1-2H3. The lowest BCUT2D eigenvalue weighted by molar-refractivity contribution is 0.134. The van der Waals surface area contributed by atoms with Crippen LogP contribution in [0.5, 0.6) is 0 Å². The zero-order valence-electron chi connectivity index (χ0n) is 18.4. The van der Waals surface area contributed by atoms with Gasteiger partial charge >= 0.3 is 0 Å². The molecule has 4 atom stereocenters. The summed E-state index contributed by atoms with van der Waals surface area (Å²) in [5.74, 6) is -0.393. The first kappa shape index (κ1) is 22.6. The Labute approximate surface area is 187 Å². The summed E-state index contributed by atoms with van der Waals surface area (Å²) in [4.78, 5) is 0.